The molecule has 1 rings (SSSR count). The van der Waals surface area contributed by atoms with Crippen molar-refractivity contribution in [2.24, 2.45) is 0 Å². The summed E-state index contributed by atoms with van der Waals surface area (Å²) < 4.78 is 24.5. The van der Waals surface area contributed by atoms with Crippen molar-refractivity contribution in [3.05, 3.63) is 34.9 Å². The van der Waals surface area contributed by atoms with E-state index in [2.05, 4.69) is 5.32 Å². The highest BCUT2D eigenvalue weighted by molar-refractivity contribution is 6.30. The van der Waals surface area contributed by atoms with Crippen molar-refractivity contribution >= 4 is 23.5 Å². The first kappa shape index (κ1) is 16.4. The van der Waals surface area contributed by atoms with Crippen molar-refractivity contribution in [1.82, 2.24) is 5.32 Å². The number of benzene rings is 1. The molecule has 1 aromatic rings. The van der Waals surface area contributed by atoms with E-state index in [9.17, 15) is 18.4 Å². The lowest BCUT2D eigenvalue weighted by Gasteiger charge is -2.18. The van der Waals surface area contributed by atoms with Crippen LogP contribution in [0.25, 0.3) is 0 Å². The van der Waals surface area contributed by atoms with Crippen LogP contribution in [-0.4, -0.2) is 29.5 Å². The van der Waals surface area contributed by atoms with Gasteiger partial charge in [-0.15, -0.1) is 0 Å². The van der Waals surface area contributed by atoms with Gasteiger partial charge in [0.05, 0.1) is 5.92 Å². The maximum atomic E-state index is 12.2. The summed E-state index contributed by atoms with van der Waals surface area (Å²) in [4.78, 5) is 22.7. The zero-order chi connectivity index (χ0) is 15.3. The largest absolute Gasteiger partial charge is 0.480 e. The minimum atomic E-state index is -2.81. The molecule has 0 bridgehead atoms. The van der Waals surface area contributed by atoms with Crippen LogP contribution in [0, 0.1) is 0 Å². The summed E-state index contributed by atoms with van der Waals surface area (Å²) in [6.07, 6.45) is -3.73. The first-order valence-electron chi connectivity index (χ1n) is 5.88. The molecule has 0 saturated heterocycles. The fourth-order valence-electron chi connectivity index (χ4n) is 1.62. The van der Waals surface area contributed by atoms with E-state index >= 15 is 0 Å². The first-order chi connectivity index (χ1) is 9.31. The molecule has 0 aliphatic rings. The molecule has 20 heavy (non-hydrogen) atoms. The molecule has 0 aromatic heterocycles. The molecule has 2 unspecified atom stereocenters. The molecule has 110 valence electrons. The zero-order valence-electron chi connectivity index (χ0n) is 10.6. The molecule has 7 heteroatoms. The Morgan fingerprint density at radius 1 is 1.40 bits per heavy atom. The predicted molar refractivity (Wildman–Crippen MR) is 70.1 cm³/mol. The van der Waals surface area contributed by atoms with Crippen molar-refractivity contribution in [2.75, 3.05) is 0 Å². The number of halogens is 3. The van der Waals surface area contributed by atoms with Gasteiger partial charge in [0, 0.05) is 11.4 Å². The third kappa shape index (κ3) is 4.77. The maximum absolute atomic E-state index is 12.2. The van der Waals surface area contributed by atoms with Crippen LogP contribution >= 0.6 is 11.6 Å². The van der Waals surface area contributed by atoms with Crippen LogP contribution in [0.3, 0.4) is 0 Å². The highest BCUT2D eigenvalue weighted by Crippen LogP contribution is 2.20. The molecule has 0 radical (unpaired) electrons. The normalized spacial score (nSPS) is 13.8. The van der Waals surface area contributed by atoms with Crippen molar-refractivity contribution in [3.8, 4) is 0 Å². The van der Waals surface area contributed by atoms with Crippen molar-refractivity contribution < 1.29 is 23.5 Å². The Morgan fingerprint density at radius 2 is 2.05 bits per heavy atom. The average molecular weight is 306 g/mol. The Bertz CT molecular complexity index is 496. The molecular formula is C13H14ClF2NO3. The van der Waals surface area contributed by atoms with Gasteiger partial charge in [-0.2, -0.15) is 0 Å². The molecular weight excluding hydrogens is 292 g/mol. The van der Waals surface area contributed by atoms with Crippen LogP contribution in [0.5, 0.6) is 0 Å². The van der Waals surface area contributed by atoms with Crippen molar-refractivity contribution in [3.63, 3.8) is 0 Å². The molecule has 2 atom stereocenters. The standard InChI is InChI=1S/C13H14ClF2NO3/c1-7(8-3-2-4-9(14)5-8)12(18)17-10(13(19)20)6-11(15)16/h2-5,7,10-11H,6H2,1H3,(H,17,18)(H,19,20). The molecule has 0 heterocycles. The fraction of sp³-hybridized carbons (Fsp3) is 0.385. The summed E-state index contributed by atoms with van der Waals surface area (Å²) in [5, 5.41) is 11.3. The number of nitrogens with one attached hydrogen (secondary N) is 1. The van der Waals surface area contributed by atoms with Crippen LogP contribution in [0.2, 0.25) is 5.02 Å². The number of carbonyl (C=O) groups excluding carboxylic acids is 1. The summed E-state index contributed by atoms with van der Waals surface area (Å²) in [6, 6.07) is 4.89. The zero-order valence-corrected chi connectivity index (χ0v) is 11.4. The summed E-state index contributed by atoms with van der Waals surface area (Å²) in [5.74, 6) is -2.81. The molecule has 1 aromatic carbocycles. The number of rotatable bonds is 6. The minimum absolute atomic E-state index is 0.435. The van der Waals surface area contributed by atoms with E-state index in [1.165, 1.54) is 0 Å². The summed E-state index contributed by atoms with van der Waals surface area (Å²) in [7, 11) is 0. The van der Waals surface area contributed by atoms with Gasteiger partial charge in [0.2, 0.25) is 12.3 Å². The highest BCUT2D eigenvalue weighted by atomic mass is 35.5. The Kier molecular flexibility index (Phi) is 5.88. The number of aliphatic carboxylic acids is 1. The van der Waals surface area contributed by atoms with Crippen molar-refractivity contribution in [1.29, 1.82) is 0 Å². The van der Waals surface area contributed by atoms with Gasteiger partial charge in [0.1, 0.15) is 6.04 Å². The van der Waals surface area contributed by atoms with Gasteiger partial charge in [-0.25, -0.2) is 13.6 Å². The van der Waals surface area contributed by atoms with Crippen LogP contribution in [0.15, 0.2) is 24.3 Å². The number of alkyl halides is 2. The number of hydrogen-bond donors (Lipinski definition) is 2. The summed E-state index contributed by atoms with van der Waals surface area (Å²) >= 11 is 5.79. The lowest BCUT2D eigenvalue weighted by Crippen LogP contribution is -2.43. The van der Waals surface area contributed by atoms with E-state index in [-0.39, 0.29) is 0 Å². The molecule has 1 amide bonds. The van der Waals surface area contributed by atoms with Gasteiger partial charge in [-0.05, 0) is 24.6 Å². The lowest BCUT2D eigenvalue weighted by molar-refractivity contribution is -0.143. The number of carbonyl (C=O) groups is 2. The van der Waals surface area contributed by atoms with Gasteiger partial charge in [0.15, 0.2) is 0 Å². The highest BCUT2D eigenvalue weighted by Gasteiger charge is 2.26. The Morgan fingerprint density at radius 3 is 2.55 bits per heavy atom. The SMILES string of the molecule is CC(C(=O)NC(CC(F)F)C(=O)O)c1cccc(Cl)c1. The van der Waals surface area contributed by atoms with E-state index in [0.29, 0.717) is 10.6 Å². The number of carboxylic acid groups (broad SMARTS) is 1. The van der Waals surface area contributed by atoms with Crippen LogP contribution < -0.4 is 5.32 Å². The van der Waals surface area contributed by atoms with Gasteiger partial charge >= 0.3 is 5.97 Å². The third-order valence-electron chi connectivity index (χ3n) is 2.77. The Hall–Kier alpha value is -1.69. The molecule has 0 saturated carbocycles. The van der Waals surface area contributed by atoms with Crippen LogP contribution in [0.1, 0.15) is 24.8 Å². The number of amides is 1. The Labute approximate surface area is 119 Å². The van der Waals surface area contributed by atoms with E-state index < -0.39 is 36.7 Å². The number of hydrogen-bond acceptors (Lipinski definition) is 2. The van der Waals surface area contributed by atoms with Gasteiger partial charge in [-0.1, -0.05) is 23.7 Å². The fourth-order valence-corrected chi connectivity index (χ4v) is 1.82. The van der Waals surface area contributed by atoms with Crippen LogP contribution in [0.4, 0.5) is 8.78 Å². The second kappa shape index (κ2) is 7.19. The maximum Gasteiger partial charge on any atom is 0.326 e. The smallest absolute Gasteiger partial charge is 0.326 e. The van der Waals surface area contributed by atoms with Crippen molar-refractivity contribution in [2.45, 2.75) is 31.7 Å². The summed E-state index contributed by atoms with van der Waals surface area (Å²) in [5.41, 5.74) is 0.580. The molecule has 0 aliphatic carbocycles. The lowest BCUT2D eigenvalue weighted by atomic mass is 10.00. The second-order valence-corrected chi connectivity index (χ2v) is 4.74. The molecule has 0 aliphatic heterocycles. The molecule has 4 nitrogen and oxygen atoms in total. The minimum Gasteiger partial charge on any atom is -0.480 e. The Balaban J connectivity index is 2.76. The van der Waals surface area contributed by atoms with Gasteiger partial charge in [-0.3, -0.25) is 4.79 Å². The quantitative estimate of drug-likeness (QED) is 0.849. The summed E-state index contributed by atoms with van der Waals surface area (Å²) in [6.45, 7) is 1.54. The van der Waals surface area contributed by atoms with E-state index in [1.807, 2.05) is 0 Å². The third-order valence-corrected chi connectivity index (χ3v) is 3.01. The number of carboxylic acids is 1. The first-order valence-corrected chi connectivity index (χ1v) is 6.26. The van der Waals surface area contributed by atoms with Crippen LogP contribution in [-0.2, 0) is 9.59 Å². The predicted octanol–water partition coefficient (Wildman–Crippen LogP) is 2.67. The van der Waals surface area contributed by atoms with Gasteiger partial charge < -0.3 is 10.4 Å². The molecule has 2 N–H and O–H groups in total. The monoisotopic (exact) mass is 305 g/mol. The topological polar surface area (TPSA) is 66.4 Å². The second-order valence-electron chi connectivity index (χ2n) is 4.30. The molecule has 0 spiro atoms. The van der Waals surface area contributed by atoms with E-state index in [1.54, 1.807) is 31.2 Å². The van der Waals surface area contributed by atoms with E-state index in [4.69, 9.17) is 16.7 Å². The van der Waals surface area contributed by atoms with Gasteiger partial charge in [0.25, 0.3) is 0 Å². The van der Waals surface area contributed by atoms with E-state index in [0.717, 1.165) is 0 Å². The average Bonchev–Trinajstić information content (AvgIpc) is 2.36. The molecule has 0 fully saturated rings.